The summed E-state index contributed by atoms with van der Waals surface area (Å²) in [6.45, 7) is 0. The molecule has 2 aromatic carbocycles. The molecule has 0 saturated heterocycles. The molecule has 2 aliphatic rings. The number of nitrogens with zero attached hydrogens (tertiary/aromatic N) is 3. The summed E-state index contributed by atoms with van der Waals surface area (Å²) in [4.78, 5) is 15.9. The molecule has 1 aliphatic heterocycles. The Morgan fingerprint density at radius 3 is 2.67 bits per heavy atom. The molecular formula is C24H19F3N4O4S. The van der Waals surface area contributed by atoms with Gasteiger partial charge in [-0.05, 0) is 53.5 Å². The molecule has 5 rings (SSSR count). The van der Waals surface area contributed by atoms with Crippen molar-refractivity contribution in [1.82, 2.24) is 4.98 Å². The zero-order chi connectivity index (χ0) is 25.7. The first kappa shape index (κ1) is 23.8. The quantitative estimate of drug-likeness (QED) is 0.444. The van der Waals surface area contributed by atoms with Crippen molar-refractivity contribution in [3.8, 4) is 11.6 Å². The number of nitrogens with one attached hydrogen (secondary N) is 1. The number of benzene rings is 2. The Morgan fingerprint density at radius 1 is 1.22 bits per heavy atom. The number of aromatic nitrogens is 1. The Bertz CT molecular complexity index is 1530. The van der Waals surface area contributed by atoms with E-state index in [1.54, 1.807) is 18.2 Å². The van der Waals surface area contributed by atoms with Gasteiger partial charge in [0, 0.05) is 12.0 Å². The Balaban J connectivity index is 1.65. The summed E-state index contributed by atoms with van der Waals surface area (Å²) < 4.78 is 46.8. The van der Waals surface area contributed by atoms with E-state index in [2.05, 4.69) is 20.5 Å². The minimum Gasteiger partial charge on any atom is -0.497 e. The lowest BCUT2D eigenvalue weighted by molar-refractivity contribution is -0.139. The summed E-state index contributed by atoms with van der Waals surface area (Å²) in [6, 6.07) is 8.83. The van der Waals surface area contributed by atoms with Crippen LogP contribution in [-0.2, 0) is 17.4 Å². The Labute approximate surface area is 206 Å². The minimum atomic E-state index is -4.64. The zero-order valence-electron chi connectivity index (χ0n) is 18.8. The van der Waals surface area contributed by atoms with Gasteiger partial charge in [0.2, 0.25) is 5.88 Å². The summed E-state index contributed by atoms with van der Waals surface area (Å²) in [6.07, 6.45) is -2.48. The molecule has 1 aliphatic carbocycles. The number of hydrogen-bond acceptors (Lipinski definition) is 8. The first-order valence-electron chi connectivity index (χ1n) is 10.8. The molecular weight excluding hydrogens is 497 g/mol. The number of methoxy groups -OCH3 is 1. The minimum absolute atomic E-state index is 0.0244. The van der Waals surface area contributed by atoms with Gasteiger partial charge in [-0.25, -0.2) is 4.79 Å². The smallest absolute Gasteiger partial charge is 0.416 e. The number of carbonyl (C=O) groups is 1. The van der Waals surface area contributed by atoms with Crippen molar-refractivity contribution in [1.29, 1.82) is 0 Å². The number of halogens is 3. The summed E-state index contributed by atoms with van der Waals surface area (Å²) in [5.74, 6) is -1.37. The summed E-state index contributed by atoms with van der Waals surface area (Å²) >= 11 is 0.985. The van der Waals surface area contributed by atoms with Crippen LogP contribution in [0.2, 0.25) is 0 Å². The highest BCUT2D eigenvalue weighted by Crippen LogP contribution is 2.43. The number of aliphatic carboxylic acids is 1. The van der Waals surface area contributed by atoms with Crippen molar-refractivity contribution < 1.29 is 32.9 Å². The van der Waals surface area contributed by atoms with Gasteiger partial charge in [-0.15, -0.1) is 0 Å². The summed E-state index contributed by atoms with van der Waals surface area (Å²) in [7, 11) is 1.29. The predicted octanol–water partition coefficient (Wildman–Crippen LogP) is 3.31. The van der Waals surface area contributed by atoms with E-state index in [1.165, 1.54) is 25.5 Å². The molecule has 2 heterocycles. The van der Waals surface area contributed by atoms with Gasteiger partial charge in [0.05, 0.1) is 29.1 Å². The number of carboxylic acid groups (broad SMARTS) is 1. The summed E-state index contributed by atoms with van der Waals surface area (Å²) in [5, 5.41) is 32.2. The number of hydrogen-bond donors (Lipinski definition) is 3. The van der Waals surface area contributed by atoms with E-state index < -0.39 is 29.1 Å². The van der Waals surface area contributed by atoms with Gasteiger partial charge >= 0.3 is 12.1 Å². The van der Waals surface area contributed by atoms with Gasteiger partial charge in [0.15, 0.2) is 5.13 Å². The number of rotatable bonds is 7. The number of fused-ring (bicyclic) bond motifs is 1. The normalized spacial score (nSPS) is 16.2. The molecule has 12 heteroatoms. The average molecular weight is 517 g/mol. The van der Waals surface area contributed by atoms with Crippen molar-refractivity contribution in [3.63, 3.8) is 0 Å². The van der Waals surface area contributed by atoms with Crippen LogP contribution >= 0.6 is 11.3 Å². The molecule has 3 N–H and O–H groups in total. The highest BCUT2D eigenvalue weighted by Gasteiger charge is 2.51. The number of thiazole rings is 1. The molecule has 3 aromatic rings. The fourth-order valence-corrected chi connectivity index (χ4v) is 5.00. The molecule has 1 saturated carbocycles. The third-order valence-electron chi connectivity index (χ3n) is 6.12. The Kier molecular flexibility index (Phi) is 5.70. The maximum Gasteiger partial charge on any atom is 0.416 e. The van der Waals surface area contributed by atoms with E-state index >= 15 is 0 Å². The van der Waals surface area contributed by atoms with Crippen LogP contribution in [0.1, 0.15) is 34.4 Å². The SMILES string of the molecule is COc1ccc(CC(c2sc(NC3(C(=O)O)CC3)nc2O)=c2ccc3c(c2)C=NN=3)c(C(F)(F)F)c1. The van der Waals surface area contributed by atoms with Gasteiger partial charge in [0.1, 0.15) is 11.3 Å². The maximum atomic E-state index is 13.9. The molecule has 0 amide bonds. The third kappa shape index (κ3) is 4.39. The standard InChI is InChI=1S/C24H19F3N4O4S/c1-35-15-4-2-13(17(10-15)24(25,26)27)9-16(12-3-5-18-14(8-12)11-28-31-18)19-20(32)29-22(36-19)30-23(6-7-23)21(33)34/h2-5,8,10-11,32H,6-7,9H2,1H3,(H,29,30)(H,33,34). The summed E-state index contributed by atoms with van der Waals surface area (Å²) in [5.41, 5.74) is -0.962. The number of anilines is 1. The lowest BCUT2D eigenvalue weighted by atomic mass is 9.96. The second-order valence-electron chi connectivity index (χ2n) is 8.48. The predicted molar refractivity (Wildman–Crippen MR) is 126 cm³/mol. The number of alkyl halides is 3. The van der Waals surface area contributed by atoms with E-state index in [-0.39, 0.29) is 27.7 Å². The zero-order valence-corrected chi connectivity index (χ0v) is 19.6. The van der Waals surface area contributed by atoms with Crippen LogP contribution in [0, 0.1) is 0 Å². The third-order valence-corrected chi connectivity index (χ3v) is 7.14. The van der Waals surface area contributed by atoms with Crippen LogP contribution < -0.4 is 20.6 Å². The highest BCUT2D eigenvalue weighted by atomic mass is 32.1. The Hall–Kier alpha value is -3.93. The molecule has 0 radical (unpaired) electrons. The van der Waals surface area contributed by atoms with Crippen molar-refractivity contribution in [2.75, 3.05) is 12.4 Å². The second-order valence-corrected chi connectivity index (χ2v) is 9.48. The van der Waals surface area contributed by atoms with E-state index in [0.29, 0.717) is 34.6 Å². The average Bonchev–Trinajstić information content (AvgIpc) is 3.31. The molecule has 0 bridgehead atoms. The van der Waals surface area contributed by atoms with Gasteiger partial charge in [-0.1, -0.05) is 23.5 Å². The first-order chi connectivity index (χ1) is 17.1. The van der Waals surface area contributed by atoms with E-state index in [9.17, 15) is 28.2 Å². The van der Waals surface area contributed by atoms with E-state index in [4.69, 9.17) is 4.74 Å². The Morgan fingerprint density at radius 2 is 2.00 bits per heavy atom. The fourth-order valence-electron chi connectivity index (χ4n) is 3.98. The van der Waals surface area contributed by atoms with Gasteiger partial charge in [-0.3, -0.25) is 0 Å². The van der Waals surface area contributed by atoms with Gasteiger partial charge < -0.3 is 20.3 Å². The van der Waals surface area contributed by atoms with Crippen LogP contribution in [-0.4, -0.2) is 40.0 Å². The lowest BCUT2D eigenvalue weighted by Gasteiger charge is -2.16. The van der Waals surface area contributed by atoms with Crippen LogP contribution in [0.25, 0.3) is 5.57 Å². The molecule has 1 fully saturated rings. The molecule has 1 aromatic heterocycles. The topological polar surface area (TPSA) is 116 Å². The molecule has 186 valence electrons. The number of carboxylic acids is 1. The molecule has 36 heavy (non-hydrogen) atoms. The van der Waals surface area contributed by atoms with Crippen molar-refractivity contribution in [3.05, 3.63) is 68.5 Å². The largest absolute Gasteiger partial charge is 0.497 e. The monoisotopic (exact) mass is 516 g/mol. The van der Waals surface area contributed by atoms with E-state index in [0.717, 1.165) is 17.4 Å². The van der Waals surface area contributed by atoms with Crippen LogP contribution in [0.15, 0.2) is 46.6 Å². The second kappa shape index (κ2) is 8.63. The highest BCUT2D eigenvalue weighted by molar-refractivity contribution is 7.17. The molecule has 0 spiro atoms. The molecule has 8 nitrogen and oxygen atoms in total. The van der Waals surface area contributed by atoms with Crippen LogP contribution in [0.5, 0.6) is 11.6 Å². The van der Waals surface area contributed by atoms with Gasteiger partial charge in [-0.2, -0.15) is 28.4 Å². The fraction of sp³-hybridized carbons (Fsp3) is 0.250. The van der Waals surface area contributed by atoms with Gasteiger partial charge in [0.25, 0.3) is 0 Å². The van der Waals surface area contributed by atoms with Crippen molar-refractivity contribution in [2.24, 2.45) is 10.2 Å². The van der Waals surface area contributed by atoms with Crippen molar-refractivity contribution in [2.45, 2.75) is 31.0 Å². The molecule has 0 atom stereocenters. The first-order valence-corrected chi connectivity index (χ1v) is 11.6. The van der Waals surface area contributed by atoms with Crippen LogP contribution in [0.4, 0.5) is 18.3 Å². The maximum absolute atomic E-state index is 13.9. The number of aromatic hydroxyl groups is 1. The lowest BCUT2D eigenvalue weighted by Crippen LogP contribution is -2.31. The number of ether oxygens (including phenoxy) is 1. The van der Waals surface area contributed by atoms with Crippen LogP contribution in [0.3, 0.4) is 0 Å². The van der Waals surface area contributed by atoms with Crippen molar-refractivity contribution >= 4 is 34.2 Å². The molecule has 0 unspecified atom stereocenters. The van der Waals surface area contributed by atoms with E-state index in [1.807, 2.05) is 0 Å².